The highest BCUT2D eigenvalue weighted by molar-refractivity contribution is 5.90. The van der Waals surface area contributed by atoms with E-state index in [4.69, 9.17) is 4.74 Å². The van der Waals surface area contributed by atoms with Crippen molar-refractivity contribution in [1.82, 2.24) is 9.97 Å². The first-order valence-corrected chi connectivity index (χ1v) is 6.38. The minimum atomic E-state index is -0.644. The lowest BCUT2D eigenvalue weighted by Gasteiger charge is -2.07. The molecule has 0 unspecified atom stereocenters. The molecule has 0 aliphatic carbocycles. The van der Waals surface area contributed by atoms with E-state index >= 15 is 0 Å². The summed E-state index contributed by atoms with van der Waals surface area (Å²) in [6.45, 7) is 5.52. The van der Waals surface area contributed by atoms with Crippen molar-refractivity contribution in [3.8, 4) is 11.4 Å². The maximum absolute atomic E-state index is 12.0. The Balaban J connectivity index is 2.47. The summed E-state index contributed by atoms with van der Waals surface area (Å²) in [5.74, 6) is -0.199. The van der Waals surface area contributed by atoms with Gasteiger partial charge in [-0.2, -0.15) is 0 Å². The molecule has 0 aliphatic heterocycles. The molecule has 1 heterocycles. The summed E-state index contributed by atoms with van der Waals surface area (Å²) in [4.78, 5) is 30.6. The summed E-state index contributed by atoms with van der Waals surface area (Å²) in [6, 6.07) is 7.61. The summed E-state index contributed by atoms with van der Waals surface area (Å²) >= 11 is 0. The van der Waals surface area contributed by atoms with Crippen molar-refractivity contribution in [2.45, 2.75) is 20.8 Å². The zero-order chi connectivity index (χ0) is 14.7. The lowest BCUT2D eigenvalue weighted by atomic mass is 10.1. The number of rotatable bonds is 3. The highest BCUT2D eigenvalue weighted by Gasteiger charge is 2.17. The average molecular weight is 272 g/mol. The lowest BCUT2D eigenvalue weighted by Crippen LogP contribution is -2.23. The summed E-state index contributed by atoms with van der Waals surface area (Å²) in [5, 5.41) is 0. The van der Waals surface area contributed by atoms with E-state index in [0.717, 1.165) is 11.1 Å². The molecule has 0 bridgehead atoms. The Morgan fingerprint density at radius 3 is 2.45 bits per heavy atom. The molecule has 0 saturated heterocycles. The number of nitrogens with one attached hydrogen (secondary N) is 1. The SMILES string of the molecule is CCOC(=O)c1c(C)nc(-c2ccc(C)cc2)[nH]c1=O. The second-order valence-corrected chi connectivity index (χ2v) is 4.46. The van der Waals surface area contributed by atoms with Crippen molar-refractivity contribution in [2.75, 3.05) is 6.61 Å². The Morgan fingerprint density at radius 2 is 1.90 bits per heavy atom. The number of benzene rings is 1. The fourth-order valence-electron chi connectivity index (χ4n) is 1.88. The number of aromatic amines is 1. The fourth-order valence-corrected chi connectivity index (χ4v) is 1.88. The smallest absolute Gasteiger partial charge is 0.345 e. The molecule has 5 heteroatoms. The minimum Gasteiger partial charge on any atom is -0.462 e. The van der Waals surface area contributed by atoms with Crippen LogP contribution in [0.4, 0.5) is 0 Å². The fraction of sp³-hybridized carbons (Fsp3) is 0.267. The van der Waals surface area contributed by atoms with Crippen LogP contribution in [0.2, 0.25) is 0 Å². The monoisotopic (exact) mass is 272 g/mol. The topological polar surface area (TPSA) is 72.0 Å². The Kier molecular flexibility index (Phi) is 3.98. The van der Waals surface area contributed by atoms with Gasteiger partial charge < -0.3 is 9.72 Å². The van der Waals surface area contributed by atoms with Crippen LogP contribution in [-0.4, -0.2) is 22.5 Å². The molecule has 1 aromatic heterocycles. The standard InChI is InChI=1S/C15H16N2O3/c1-4-20-15(19)12-10(3)16-13(17-14(12)18)11-7-5-9(2)6-8-11/h5-8H,4H2,1-3H3,(H,16,17,18). The van der Waals surface area contributed by atoms with Gasteiger partial charge in [-0.1, -0.05) is 29.8 Å². The molecule has 0 spiro atoms. The van der Waals surface area contributed by atoms with Crippen LogP contribution in [-0.2, 0) is 4.74 Å². The largest absolute Gasteiger partial charge is 0.462 e. The molecule has 5 nitrogen and oxygen atoms in total. The van der Waals surface area contributed by atoms with Gasteiger partial charge in [-0.05, 0) is 20.8 Å². The number of aromatic nitrogens is 2. The molecule has 1 N–H and O–H groups in total. The molecule has 0 saturated carbocycles. The second kappa shape index (κ2) is 5.69. The molecule has 0 aliphatic rings. The summed E-state index contributed by atoms with van der Waals surface area (Å²) in [6.07, 6.45) is 0. The number of nitrogens with zero attached hydrogens (tertiary/aromatic N) is 1. The Labute approximate surface area is 116 Å². The predicted octanol–water partition coefficient (Wildman–Crippen LogP) is 2.23. The van der Waals surface area contributed by atoms with Gasteiger partial charge >= 0.3 is 5.97 Å². The number of ether oxygens (including phenoxy) is 1. The lowest BCUT2D eigenvalue weighted by molar-refractivity contribution is 0.0523. The Bertz CT molecular complexity index is 687. The van der Waals surface area contributed by atoms with Crippen molar-refractivity contribution in [2.24, 2.45) is 0 Å². The van der Waals surface area contributed by atoms with Crippen molar-refractivity contribution in [3.05, 3.63) is 51.4 Å². The maximum Gasteiger partial charge on any atom is 0.345 e. The summed E-state index contributed by atoms with van der Waals surface area (Å²) in [7, 11) is 0. The maximum atomic E-state index is 12.0. The van der Waals surface area contributed by atoms with Crippen LogP contribution in [0.15, 0.2) is 29.1 Å². The first-order valence-electron chi connectivity index (χ1n) is 6.38. The third kappa shape index (κ3) is 2.77. The molecule has 20 heavy (non-hydrogen) atoms. The zero-order valence-electron chi connectivity index (χ0n) is 11.7. The van der Waals surface area contributed by atoms with Crippen molar-refractivity contribution in [3.63, 3.8) is 0 Å². The third-order valence-corrected chi connectivity index (χ3v) is 2.90. The van der Waals surface area contributed by atoms with Gasteiger partial charge in [-0.15, -0.1) is 0 Å². The molecule has 0 atom stereocenters. The van der Waals surface area contributed by atoms with Crippen molar-refractivity contribution >= 4 is 5.97 Å². The van der Waals surface area contributed by atoms with E-state index in [0.29, 0.717) is 11.5 Å². The van der Waals surface area contributed by atoms with Crippen LogP contribution < -0.4 is 5.56 Å². The quantitative estimate of drug-likeness (QED) is 0.870. The number of aryl methyl sites for hydroxylation is 2. The van der Waals surface area contributed by atoms with Crippen LogP contribution in [0, 0.1) is 13.8 Å². The van der Waals surface area contributed by atoms with E-state index < -0.39 is 11.5 Å². The van der Waals surface area contributed by atoms with Crippen molar-refractivity contribution < 1.29 is 9.53 Å². The van der Waals surface area contributed by atoms with E-state index in [1.54, 1.807) is 13.8 Å². The number of hydrogen-bond donors (Lipinski definition) is 1. The first kappa shape index (κ1) is 14.0. The van der Waals surface area contributed by atoms with E-state index in [9.17, 15) is 9.59 Å². The molecule has 0 amide bonds. The summed E-state index contributed by atoms with van der Waals surface area (Å²) < 4.78 is 4.85. The van der Waals surface area contributed by atoms with Crippen LogP contribution >= 0.6 is 0 Å². The Morgan fingerprint density at radius 1 is 1.25 bits per heavy atom. The third-order valence-electron chi connectivity index (χ3n) is 2.90. The normalized spacial score (nSPS) is 10.3. The van der Waals surface area contributed by atoms with Crippen LogP contribution in [0.5, 0.6) is 0 Å². The molecular weight excluding hydrogens is 256 g/mol. The van der Waals surface area contributed by atoms with Crippen molar-refractivity contribution in [1.29, 1.82) is 0 Å². The van der Waals surface area contributed by atoms with Gasteiger partial charge in [0.1, 0.15) is 11.4 Å². The zero-order valence-corrected chi connectivity index (χ0v) is 11.7. The first-order chi connectivity index (χ1) is 9.52. The molecule has 1 aromatic carbocycles. The van der Waals surface area contributed by atoms with E-state index in [1.165, 1.54) is 0 Å². The highest BCUT2D eigenvalue weighted by Crippen LogP contribution is 2.15. The molecule has 0 radical (unpaired) electrons. The van der Waals surface area contributed by atoms with E-state index in [-0.39, 0.29) is 12.2 Å². The van der Waals surface area contributed by atoms with Gasteiger partial charge in [-0.25, -0.2) is 9.78 Å². The van der Waals surface area contributed by atoms with Gasteiger partial charge in [-0.3, -0.25) is 4.79 Å². The molecule has 104 valence electrons. The molecule has 2 rings (SSSR count). The molecule has 2 aromatic rings. The number of carbonyl (C=O) groups is 1. The van der Waals surface area contributed by atoms with Crippen LogP contribution in [0.3, 0.4) is 0 Å². The van der Waals surface area contributed by atoms with Gasteiger partial charge in [0.2, 0.25) is 0 Å². The minimum absolute atomic E-state index is 0.0392. The highest BCUT2D eigenvalue weighted by atomic mass is 16.5. The van der Waals surface area contributed by atoms with Gasteiger partial charge in [0.05, 0.1) is 12.3 Å². The van der Waals surface area contributed by atoms with E-state index in [1.807, 2.05) is 31.2 Å². The van der Waals surface area contributed by atoms with E-state index in [2.05, 4.69) is 9.97 Å². The second-order valence-electron chi connectivity index (χ2n) is 4.46. The van der Waals surface area contributed by atoms with Crippen LogP contribution in [0.1, 0.15) is 28.5 Å². The van der Waals surface area contributed by atoms with Gasteiger partial charge in [0.25, 0.3) is 5.56 Å². The van der Waals surface area contributed by atoms with Gasteiger partial charge in [0, 0.05) is 5.56 Å². The summed E-state index contributed by atoms with van der Waals surface area (Å²) in [5.41, 5.74) is 1.76. The number of hydrogen-bond acceptors (Lipinski definition) is 4. The number of esters is 1. The molecule has 0 fully saturated rings. The Hall–Kier alpha value is -2.43. The molecular formula is C15H16N2O3. The number of carbonyl (C=O) groups excluding carboxylic acids is 1. The average Bonchev–Trinajstić information content (AvgIpc) is 2.39. The van der Waals surface area contributed by atoms with Crippen LogP contribution in [0.25, 0.3) is 11.4 Å². The van der Waals surface area contributed by atoms with Gasteiger partial charge in [0.15, 0.2) is 0 Å². The predicted molar refractivity (Wildman–Crippen MR) is 75.7 cm³/mol. The number of H-pyrrole nitrogens is 1.